The number of nitrogens with one attached hydrogen (secondary N) is 2. The van der Waals surface area contributed by atoms with Gasteiger partial charge in [0.15, 0.2) is 0 Å². The first kappa shape index (κ1) is 29.4. The van der Waals surface area contributed by atoms with Crippen LogP contribution >= 0.6 is 7.60 Å². The van der Waals surface area contributed by atoms with E-state index >= 15 is 0 Å². The number of carbonyl (C=O) groups excluding carboxylic acids is 3. The third-order valence-electron chi connectivity index (χ3n) is 5.63. The van der Waals surface area contributed by atoms with E-state index in [9.17, 15) is 18.9 Å². The van der Waals surface area contributed by atoms with Gasteiger partial charge in [0.1, 0.15) is 11.2 Å². The van der Waals surface area contributed by atoms with E-state index in [0.717, 1.165) is 25.7 Å². The fraction of sp³-hybridized carbons (Fsp3) is 0.870. The van der Waals surface area contributed by atoms with Crippen molar-refractivity contribution in [1.82, 2.24) is 10.6 Å². The van der Waals surface area contributed by atoms with Crippen LogP contribution in [0.4, 0.5) is 14.4 Å². The van der Waals surface area contributed by atoms with Crippen LogP contribution in [0.2, 0.25) is 0 Å². The number of amides is 3. The van der Waals surface area contributed by atoms with Gasteiger partial charge >= 0.3 is 25.4 Å². The lowest BCUT2D eigenvalue weighted by molar-refractivity contribution is 0.0263. The Morgan fingerprint density at radius 2 is 1.06 bits per heavy atom. The third-order valence-corrected chi connectivity index (χ3v) is 7.26. The fourth-order valence-corrected chi connectivity index (χ4v) is 5.65. The van der Waals surface area contributed by atoms with E-state index in [1.165, 1.54) is 0 Å². The van der Waals surface area contributed by atoms with Crippen LogP contribution < -0.4 is 16.4 Å². The Kier molecular flexibility index (Phi) is 10.0. The van der Waals surface area contributed by atoms with Gasteiger partial charge in [-0.2, -0.15) is 0 Å². The lowest BCUT2D eigenvalue weighted by Gasteiger charge is -2.37. The van der Waals surface area contributed by atoms with Crippen molar-refractivity contribution in [2.24, 2.45) is 5.73 Å². The molecule has 0 heterocycles. The second kappa shape index (κ2) is 11.9. The Morgan fingerprint density at radius 3 is 1.37 bits per heavy atom. The zero-order chi connectivity index (χ0) is 26.4. The molecule has 0 aliphatic heterocycles. The molecule has 0 bridgehead atoms. The van der Waals surface area contributed by atoms with Crippen LogP contribution in [0, 0.1) is 0 Å². The minimum atomic E-state index is -4.42. The van der Waals surface area contributed by atoms with Crippen LogP contribution in [0.25, 0.3) is 0 Å². The van der Waals surface area contributed by atoms with Crippen molar-refractivity contribution in [3.8, 4) is 0 Å². The highest BCUT2D eigenvalue weighted by Gasteiger charge is 2.44. The highest BCUT2D eigenvalue weighted by atomic mass is 31.2. The van der Waals surface area contributed by atoms with Gasteiger partial charge in [-0.1, -0.05) is 25.7 Å². The van der Waals surface area contributed by atoms with Crippen molar-refractivity contribution in [3.63, 3.8) is 0 Å². The number of ether oxygens (including phenoxy) is 2. The molecule has 0 aromatic rings. The standard InChI is InChI=1S/C23H42N3O8P/c1-22(2,3)31-20(28)25-15-11-7-9-13-17(15)33-35(30,19(24)27)34-18-14-10-8-12-16(18)26-21(29)32-23(4,5)6/h15-18H,7-14H2,1-6H3,(H2,24,27)(H,25,28)(H,26,29). The van der Waals surface area contributed by atoms with Gasteiger partial charge in [0.05, 0.1) is 24.3 Å². The largest absolute Gasteiger partial charge is 0.444 e. The highest BCUT2D eigenvalue weighted by Crippen LogP contribution is 2.53. The van der Waals surface area contributed by atoms with Crippen LogP contribution in [-0.2, 0) is 23.1 Å². The van der Waals surface area contributed by atoms with Crippen LogP contribution in [0.1, 0.15) is 92.9 Å². The van der Waals surface area contributed by atoms with E-state index in [0.29, 0.717) is 25.7 Å². The average molecular weight is 520 g/mol. The molecule has 0 aromatic carbocycles. The Morgan fingerprint density at radius 1 is 0.714 bits per heavy atom. The van der Waals surface area contributed by atoms with Crippen molar-refractivity contribution in [1.29, 1.82) is 0 Å². The van der Waals surface area contributed by atoms with Crippen molar-refractivity contribution < 1.29 is 37.5 Å². The molecule has 35 heavy (non-hydrogen) atoms. The maximum atomic E-state index is 13.6. The Bertz CT molecular complexity index is 752. The summed E-state index contributed by atoms with van der Waals surface area (Å²) in [6.45, 7) is 10.5. The molecule has 0 radical (unpaired) electrons. The molecule has 2 aliphatic carbocycles. The molecule has 4 N–H and O–H groups in total. The van der Waals surface area contributed by atoms with E-state index in [-0.39, 0.29) is 0 Å². The van der Waals surface area contributed by atoms with Crippen molar-refractivity contribution >= 4 is 25.4 Å². The van der Waals surface area contributed by atoms with Gasteiger partial charge in [-0.25, -0.2) is 14.2 Å². The normalized spacial score (nSPS) is 27.3. The molecule has 11 nitrogen and oxygen atoms in total. The SMILES string of the molecule is CC(C)(C)OC(=O)NC1CCCCC1OP(=O)(OC1CCCCC1NC(=O)OC(C)(C)C)C(N)=O. The number of rotatable bonds is 7. The van der Waals surface area contributed by atoms with Gasteiger partial charge in [-0.05, 0) is 67.2 Å². The second-order valence-electron chi connectivity index (χ2n) is 11.2. The van der Waals surface area contributed by atoms with E-state index in [1.807, 2.05) is 0 Å². The highest BCUT2D eigenvalue weighted by molar-refractivity contribution is 7.71. The summed E-state index contributed by atoms with van der Waals surface area (Å²) in [4.78, 5) is 36.9. The van der Waals surface area contributed by atoms with Gasteiger partial charge in [-0.3, -0.25) is 13.8 Å². The second-order valence-corrected chi connectivity index (χ2v) is 13.1. The maximum Gasteiger partial charge on any atom is 0.418 e. The lowest BCUT2D eigenvalue weighted by Crippen LogP contribution is -2.49. The number of primary amides is 1. The molecule has 0 saturated heterocycles. The number of alkyl carbamates (subject to hydrolysis) is 2. The smallest absolute Gasteiger partial charge is 0.418 e. The molecule has 4 unspecified atom stereocenters. The Hall–Kier alpha value is -1.84. The van der Waals surface area contributed by atoms with Crippen LogP contribution in [0.15, 0.2) is 0 Å². The van der Waals surface area contributed by atoms with Gasteiger partial charge < -0.3 is 25.8 Å². The predicted octanol–water partition coefficient (Wildman–Crippen LogP) is 4.96. The van der Waals surface area contributed by atoms with Crippen molar-refractivity contribution in [2.45, 2.75) is 128 Å². The number of nitrogens with two attached hydrogens (primary N) is 1. The zero-order valence-electron chi connectivity index (χ0n) is 21.8. The summed E-state index contributed by atoms with van der Waals surface area (Å²) >= 11 is 0. The summed E-state index contributed by atoms with van der Waals surface area (Å²) in [6, 6.07) is -1.03. The van der Waals surface area contributed by atoms with Gasteiger partial charge in [0, 0.05) is 0 Å². The molecule has 3 amide bonds. The molecule has 4 atom stereocenters. The Labute approximate surface area is 208 Å². The van der Waals surface area contributed by atoms with Crippen LogP contribution in [0.5, 0.6) is 0 Å². The summed E-state index contributed by atoms with van der Waals surface area (Å²) in [5, 5.41) is 5.52. The summed E-state index contributed by atoms with van der Waals surface area (Å²) in [5.74, 6) is 0. The number of carbonyl (C=O) groups is 3. The van der Waals surface area contributed by atoms with Gasteiger partial charge in [-0.15, -0.1) is 0 Å². The zero-order valence-corrected chi connectivity index (χ0v) is 22.7. The molecule has 12 heteroatoms. The van der Waals surface area contributed by atoms with E-state index in [4.69, 9.17) is 24.3 Å². The van der Waals surface area contributed by atoms with Crippen molar-refractivity contribution in [3.05, 3.63) is 0 Å². The Balaban J connectivity index is 2.11. The van der Waals surface area contributed by atoms with Gasteiger partial charge in [0.25, 0.3) is 0 Å². The summed E-state index contributed by atoms with van der Waals surface area (Å²) in [5.41, 5.74) is 2.92. The predicted molar refractivity (Wildman–Crippen MR) is 130 cm³/mol. The van der Waals surface area contributed by atoms with E-state index < -0.39 is 60.9 Å². The minimum Gasteiger partial charge on any atom is -0.444 e. The summed E-state index contributed by atoms with van der Waals surface area (Å²) in [6.07, 6.45) is 2.51. The molecular weight excluding hydrogens is 477 g/mol. The monoisotopic (exact) mass is 519 g/mol. The first-order valence-electron chi connectivity index (χ1n) is 12.3. The van der Waals surface area contributed by atoms with Crippen LogP contribution in [0.3, 0.4) is 0 Å². The first-order valence-corrected chi connectivity index (χ1v) is 13.9. The number of hydrogen-bond acceptors (Lipinski definition) is 8. The fourth-order valence-electron chi connectivity index (χ4n) is 4.18. The number of hydrogen-bond donors (Lipinski definition) is 3. The molecule has 0 aromatic heterocycles. The molecule has 2 rings (SSSR count). The summed E-state index contributed by atoms with van der Waals surface area (Å²) < 4.78 is 35.7. The molecule has 2 saturated carbocycles. The molecule has 202 valence electrons. The lowest BCUT2D eigenvalue weighted by atomic mass is 9.93. The third kappa shape index (κ3) is 9.97. The van der Waals surface area contributed by atoms with E-state index in [2.05, 4.69) is 10.6 Å². The average Bonchev–Trinajstić information content (AvgIpc) is 2.68. The molecule has 2 aliphatic rings. The van der Waals surface area contributed by atoms with E-state index in [1.54, 1.807) is 41.5 Å². The minimum absolute atomic E-state index is 0.464. The molecule has 2 fully saturated rings. The summed E-state index contributed by atoms with van der Waals surface area (Å²) in [7, 11) is -4.42. The quantitative estimate of drug-likeness (QED) is 0.398. The van der Waals surface area contributed by atoms with Crippen molar-refractivity contribution in [2.75, 3.05) is 0 Å². The topological polar surface area (TPSA) is 155 Å². The van der Waals surface area contributed by atoms with Gasteiger partial charge in [0.2, 0.25) is 0 Å². The first-order chi connectivity index (χ1) is 16.1. The maximum absolute atomic E-state index is 13.6. The molecular formula is C23H42N3O8P. The molecule has 0 spiro atoms. The van der Waals surface area contributed by atoms with Crippen LogP contribution in [-0.4, -0.2) is 53.3 Å².